The van der Waals surface area contributed by atoms with Crippen molar-refractivity contribution in [2.45, 2.75) is 58.3 Å². The smallest absolute Gasteiger partial charge is 1.00 e. The molecule has 2 saturated carbocycles. The summed E-state index contributed by atoms with van der Waals surface area (Å²) in [6.45, 7) is 4.98. The minimum atomic E-state index is -1.50. The third-order valence-electron chi connectivity index (χ3n) is 7.93. The third-order valence-corrected chi connectivity index (χ3v) is 41.1. The Kier molecular flexibility index (Phi) is 9.93. The van der Waals surface area contributed by atoms with Crippen LogP contribution in [0.2, 0.25) is 18.8 Å². The predicted octanol–water partition coefficient (Wildman–Crippen LogP) is 1.02. The topological polar surface area (TPSA) is 0 Å². The Balaban J connectivity index is 0.00000140. The fourth-order valence-corrected chi connectivity index (χ4v) is 46.5. The largest absolute Gasteiger partial charge is 1.00 e. The Hall–Kier alpha value is 0.966. The molecule has 4 aliphatic carbocycles. The molecule has 0 saturated heterocycles. The Morgan fingerprint density at radius 3 is 1.46 bits per heavy atom. The second-order valence-corrected chi connectivity index (χ2v) is 39.0. The Morgan fingerprint density at radius 1 is 0.714 bits per heavy atom. The van der Waals surface area contributed by atoms with Crippen molar-refractivity contribution in [3.05, 3.63) is 48.6 Å². The zero-order chi connectivity index (χ0) is 18.3. The minimum Gasteiger partial charge on any atom is -1.00 e. The number of halogens is 2. The van der Waals surface area contributed by atoms with Crippen LogP contribution in [-0.2, 0) is 18.6 Å². The minimum absolute atomic E-state index is 0. The zero-order valence-corrected chi connectivity index (χ0v) is 23.9. The number of rotatable bonds is 4. The second kappa shape index (κ2) is 11.0. The molecule has 0 aromatic heterocycles. The van der Waals surface area contributed by atoms with Crippen molar-refractivity contribution < 1.29 is 43.4 Å². The van der Waals surface area contributed by atoms with E-state index in [0.717, 1.165) is 42.8 Å². The summed E-state index contributed by atoms with van der Waals surface area (Å²) in [6, 6.07) is 0. The van der Waals surface area contributed by atoms with Crippen LogP contribution in [0, 0.1) is 35.5 Å². The second-order valence-electron chi connectivity index (χ2n) is 9.34. The van der Waals surface area contributed by atoms with Crippen LogP contribution in [0.15, 0.2) is 48.6 Å². The van der Waals surface area contributed by atoms with Gasteiger partial charge in [-0.25, -0.2) is 0 Å². The maximum Gasteiger partial charge on any atom is -1.00 e. The molecule has 0 spiro atoms. The first-order chi connectivity index (χ1) is 12.7. The van der Waals surface area contributed by atoms with E-state index >= 15 is 0 Å². The van der Waals surface area contributed by atoms with Gasteiger partial charge in [0, 0.05) is 0 Å². The number of fused-ring (bicyclic) bond motifs is 2. The van der Waals surface area contributed by atoms with E-state index < -0.39 is 28.6 Å². The number of hydrogen-bond acceptors (Lipinski definition) is 0. The third kappa shape index (κ3) is 4.59. The fraction of sp³-hybridized carbons (Fsp3) is 0.667. The molecule has 28 heavy (non-hydrogen) atoms. The average molecular weight is 559 g/mol. The van der Waals surface area contributed by atoms with E-state index in [-0.39, 0.29) is 24.8 Å². The molecule has 0 aromatic rings. The van der Waals surface area contributed by atoms with Crippen LogP contribution >= 0.6 is 0 Å². The van der Waals surface area contributed by atoms with E-state index in [0.29, 0.717) is 0 Å². The Labute approximate surface area is 194 Å². The van der Waals surface area contributed by atoms with E-state index in [4.69, 9.17) is 0 Å². The quantitative estimate of drug-likeness (QED) is 0.452. The van der Waals surface area contributed by atoms with E-state index in [1.807, 2.05) is 0 Å². The van der Waals surface area contributed by atoms with Crippen molar-refractivity contribution in [1.29, 1.82) is 0 Å². The first kappa shape index (κ1) is 25.2. The first-order valence-electron chi connectivity index (χ1n) is 11.0. The molecule has 0 amide bonds. The average Bonchev–Trinajstić information content (AvgIpc) is 3.21. The van der Waals surface area contributed by atoms with Gasteiger partial charge in [0.2, 0.25) is 0 Å². The van der Waals surface area contributed by atoms with Gasteiger partial charge in [-0.15, -0.1) is 0 Å². The molecule has 0 aromatic carbocycles. The predicted molar refractivity (Wildman–Crippen MR) is 112 cm³/mol. The summed E-state index contributed by atoms with van der Waals surface area (Å²) in [5.74, 6) is 11.2. The van der Waals surface area contributed by atoms with Crippen molar-refractivity contribution in [1.82, 2.24) is 0 Å². The van der Waals surface area contributed by atoms with Gasteiger partial charge in [0.25, 0.3) is 0 Å². The molecule has 0 heterocycles. The Morgan fingerprint density at radius 2 is 1.11 bits per heavy atom. The van der Waals surface area contributed by atoms with Crippen LogP contribution in [0.5, 0.6) is 0 Å². The van der Waals surface area contributed by atoms with E-state index in [1.54, 1.807) is 0 Å². The fourth-order valence-electron chi connectivity index (χ4n) is 6.86. The molecule has 0 N–H and O–H groups in total. The summed E-state index contributed by atoms with van der Waals surface area (Å²) in [7, 11) is -0.855. The Bertz CT molecular complexity index is 637. The van der Waals surface area contributed by atoms with Gasteiger partial charge in [0.05, 0.1) is 0 Å². The summed E-state index contributed by atoms with van der Waals surface area (Å²) in [6.07, 6.45) is 25.7. The van der Waals surface area contributed by atoms with Crippen LogP contribution in [0.4, 0.5) is 0 Å². The van der Waals surface area contributed by atoms with Crippen molar-refractivity contribution >= 4 is 9.98 Å². The molecular formula is C24H36Cl2GeZr. The van der Waals surface area contributed by atoms with Crippen molar-refractivity contribution in [3.63, 3.8) is 0 Å². The molecule has 4 heteroatoms. The van der Waals surface area contributed by atoms with E-state index in [1.165, 1.54) is 25.7 Å². The van der Waals surface area contributed by atoms with Gasteiger partial charge >= 0.3 is 171 Å². The van der Waals surface area contributed by atoms with Gasteiger partial charge < -0.3 is 24.8 Å². The maximum atomic E-state index is 2.78. The van der Waals surface area contributed by atoms with Crippen LogP contribution in [-0.4, -0.2) is 9.98 Å². The summed E-state index contributed by atoms with van der Waals surface area (Å²) >= 11 is -1.50. The van der Waals surface area contributed by atoms with Gasteiger partial charge in [-0.1, -0.05) is 0 Å². The number of allylic oxidation sites excluding steroid dienone is 8. The molecule has 4 aliphatic rings. The normalized spacial score (nSPS) is 39.4. The molecule has 0 radical (unpaired) electrons. The van der Waals surface area contributed by atoms with Crippen molar-refractivity contribution in [2.75, 3.05) is 0 Å². The summed E-state index contributed by atoms with van der Waals surface area (Å²) in [4.78, 5) is 0. The number of hydrogen-bond donors (Lipinski definition) is 0. The molecule has 0 nitrogen and oxygen atoms in total. The van der Waals surface area contributed by atoms with Crippen LogP contribution in [0.3, 0.4) is 0 Å². The molecule has 4 rings (SSSR count). The maximum absolute atomic E-state index is 2.78. The molecule has 154 valence electrons. The summed E-state index contributed by atoms with van der Waals surface area (Å²) < 4.78 is 2.30. The van der Waals surface area contributed by atoms with Crippen LogP contribution < -0.4 is 24.8 Å². The summed E-state index contributed by atoms with van der Waals surface area (Å²) in [5.41, 5.74) is 0. The van der Waals surface area contributed by atoms with Gasteiger partial charge in [0.1, 0.15) is 0 Å². The molecule has 0 aliphatic heterocycles. The molecule has 8 unspecified atom stereocenters. The van der Waals surface area contributed by atoms with E-state index in [2.05, 4.69) is 74.0 Å². The van der Waals surface area contributed by atoms with Crippen molar-refractivity contribution in [2.24, 2.45) is 35.5 Å². The van der Waals surface area contributed by atoms with Gasteiger partial charge in [-0.05, 0) is 0 Å². The first-order valence-corrected chi connectivity index (χ1v) is 25.5. The van der Waals surface area contributed by atoms with Gasteiger partial charge in [-0.3, -0.25) is 0 Å². The molecular weight excluding hydrogens is 523 g/mol. The molecule has 2 fully saturated rings. The van der Waals surface area contributed by atoms with E-state index in [9.17, 15) is 0 Å². The SMILES string of the molecule is CCC1CC2C=CC=CC2[CH]1[Zr+2]([CH]1C(CC)CC2C=CC=CC21)=[Ge]([CH3])[CH3].[Cl-].[Cl-]. The molecule has 8 atom stereocenters. The van der Waals surface area contributed by atoms with Gasteiger partial charge in [-0.2, -0.15) is 0 Å². The monoisotopic (exact) mass is 558 g/mol. The zero-order valence-electron chi connectivity index (χ0n) is 17.8. The van der Waals surface area contributed by atoms with Crippen molar-refractivity contribution in [3.8, 4) is 0 Å². The standard InChI is InChI=1S/2C11H15.C2H6Ge.2ClH.Zr/c2*1-2-9-7-10-5-3-4-6-11(10)8-9;1-3-2;;;/h2*3-7,9-11H,2,8H2,1H3;1-2H3;2*1H;/q;;;;;+2/p-2. The van der Waals surface area contributed by atoms with Crippen LogP contribution in [0.25, 0.3) is 0 Å². The van der Waals surface area contributed by atoms with Gasteiger partial charge in [0.15, 0.2) is 0 Å². The summed E-state index contributed by atoms with van der Waals surface area (Å²) in [5, 5.41) is 0. The van der Waals surface area contributed by atoms with Crippen LogP contribution in [0.1, 0.15) is 39.5 Å². The molecule has 0 bridgehead atoms.